The molecule has 0 radical (unpaired) electrons. The zero-order valence-electron chi connectivity index (χ0n) is 39.2. The van der Waals surface area contributed by atoms with Gasteiger partial charge >= 0.3 is 43.4 Å². The molecule has 5 heterocycles. The SMILES string of the molecule is CC1=C(CCC(=O)O)c2cc3nc(cc4[nH]c(cc5[nH]c(cc1n2)c(CCC(=O)O)c5C)c(CCC(=O)O)c4C)C(CCC(=O)O)=C3C.CCN(CC)CC(=O)Nc1c(C)cccc1C.[Zn+2]. The quantitative estimate of drug-likeness (QED) is 0.0491. The first-order valence-electron chi connectivity index (χ1n) is 21.9. The van der Waals surface area contributed by atoms with Crippen molar-refractivity contribution in [2.45, 2.75) is 107 Å². The minimum atomic E-state index is -0.944. The Hall–Kier alpha value is -6.25. The number of aliphatic carboxylic acids is 4. The molecule has 4 aromatic rings. The van der Waals surface area contributed by atoms with Crippen molar-refractivity contribution in [1.82, 2.24) is 24.8 Å². The fraction of sp³-hybridized carbons (Fsp3) is 0.380. The van der Waals surface area contributed by atoms with Crippen molar-refractivity contribution in [2.24, 2.45) is 0 Å². The number of H-pyrrole nitrogens is 2. The van der Waals surface area contributed by atoms with Gasteiger partial charge in [0.15, 0.2) is 0 Å². The Bertz CT molecular complexity index is 2740. The largest absolute Gasteiger partial charge is 2.00 e. The summed E-state index contributed by atoms with van der Waals surface area (Å²) >= 11 is 0. The van der Waals surface area contributed by atoms with E-state index in [2.05, 4.69) is 34.0 Å². The van der Waals surface area contributed by atoms with Crippen LogP contribution in [0.25, 0.3) is 44.4 Å². The first-order valence-corrected chi connectivity index (χ1v) is 21.9. The molecule has 6 rings (SSSR count). The van der Waals surface area contributed by atoms with Crippen LogP contribution in [0.4, 0.5) is 5.69 Å². The standard InChI is InChI=1S/C36H38N4O8.C14H22N2O.Zn/c1-17-21(5-9-33(41)42)29-14-26-19(3)23(7-11-35(45)46)31(39-26)16-28-20(4)24(8-12-36(47)48)32(40-28)15-27-18(2)22(6-10-34(43)44)30(38-27)13-25(17)37-29;1-5-16(6-2)10-13(17)15-14-11(3)8-7-9-12(14)4;/h13-16,37-38H,5-12H2,1-4H3,(H,41,42)(H,43,44)(H,45,46)(H,47,48);7-9H,5-6,10H2,1-4H3,(H,15,17);/q;;+2. The van der Waals surface area contributed by atoms with Gasteiger partial charge in [-0.2, -0.15) is 0 Å². The second-order valence-corrected chi connectivity index (χ2v) is 16.5. The van der Waals surface area contributed by atoms with Crippen molar-refractivity contribution in [2.75, 3.05) is 25.0 Å². The molecule has 344 valence electrons. The Kier molecular flexibility index (Phi) is 18.5. The molecule has 16 heteroatoms. The second-order valence-electron chi connectivity index (χ2n) is 16.5. The summed E-state index contributed by atoms with van der Waals surface area (Å²) in [5.74, 6) is -3.69. The van der Waals surface area contributed by atoms with Crippen LogP contribution in [0.15, 0.2) is 42.5 Å². The van der Waals surface area contributed by atoms with Gasteiger partial charge in [-0.1, -0.05) is 32.0 Å². The Morgan fingerprint density at radius 2 is 0.955 bits per heavy atom. The fourth-order valence-corrected chi connectivity index (χ4v) is 8.26. The van der Waals surface area contributed by atoms with Crippen LogP contribution in [0, 0.1) is 27.7 Å². The van der Waals surface area contributed by atoms with Crippen LogP contribution in [-0.4, -0.2) is 94.7 Å². The van der Waals surface area contributed by atoms with Crippen LogP contribution in [0.1, 0.15) is 122 Å². The maximum absolute atomic E-state index is 11.9. The summed E-state index contributed by atoms with van der Waals surface area (Å²) in [5.41, 5.74) is 14.6. The first kappa shape index (κ1) is 52.4. The Balaban J connectivity index is 0.000000447. The number of hydrogen-bond acceptors (Lipinski definition) is 8. The third-order valence-corrected chi connectivity index (χ3v) is 12.2. The number of allylic oxidation sites excluding steroid dienone is 4. The van der Waals surface area contributed by atoms with E-state index in [1.165, 1.54) is 0 Å². The van der Waals surface area contributed by atoms with Gasteiger partial charge in [-0.15, -0.1) is 0 Å². The first-order chi connectivity index (χ1) is 30.8. The summed E-state index contributed by atoms with van der Waals surface area (Å²) in [6.45, 7) is 18.0. The molecule has 2 aliphatic heterocycles. The van der Waals surface area contributed by atoms with Crippen molar-refractivity contribution >= 4 is 79.8 Å². The summed E-state index contributed by atoms with van der Waals surface area (Å²) in [7, 11) is 0. The fourth-order valence-electron chi connectivity index (χ4n) is 8.26. The minimum Gasteiger partial charge on any atom is -0.481 e. The van der Waals surface area contributed by atoms with Crippen LogP contribution < -0.4 is 5.32 Å². The summed E-state index contributed by atoms with van der Waals surface area (Å²) in [6.07, 6.45) is 0.606. The summed E-state index contributed by atoms with van der Waals surface area (Å²) < 4.78 is 0. The van der Waals surface area contributed by atoms with E-state index in [0.717, 1.165) is 74.5 Å². The molecule has 1 aromatic carbocycles. The number of rotatable bonds is 17. The number of para-hydroxylation sites is 1. The van der Waals surface area contributed by atoms with E-state index in [9.17, 15) is 44.4 Å². The number of carboxylic acid groups (broad SMARTS) is 4. The van der Waals surface area contributed by atoms with Crippen molar-refractivity contribution in [3.8, 4) is 0 Å². The smallest absolute Gasteiger partial charge is 0.481 e. The monoisotopic (exact) mass is 952 g/mol. The molecule has 0 spiro atoms. The average molecular weight is 954 g/mol. The summed E-state index contributed by atoms with van der Waals surface area (Å²) in [4.78, 5) is 77.1. The maximum Gasteiger partial charge on any atom is 2.00 e. The molecule has 0 unspecified atom stereocenters. The van der Waals surface area contributed by atoms with Crippen LogP contribution in [-0.2, 0) is 56.3 Å². The van der Waals surface area contributed by atoms with Gasteiger partial charge in [0, 0.05) is 53.4 Å². The number of likely N-dealkylation sites (N-methyl/N-ethyl adjacent to an activating group) is 1. The number of carboxylic acids is 4. The average Bonchev–Trinajstić information content (AvgIpc) is 3.90. The van der Waals surface area contributed by atoms with E-state index in [0.29, 0.717) is 51.4 Å². The number of aryl methyl sites for hydroxylation is 6. The van der Waals surface area contributed by atoms with Gasteiger partial charge in [0.25, 0.3) is 0 Å². The van der Waals surface area contributed by atoms with Crippen LogP contribution in [0.5, 0.6) is 0 Å². The third kappa shape index (κ3) is 13.0. The number of carbonyl (C=O) groups is 5. The van der Waals surface area contributed by atoms with E-state index in [1.54, 1.807) is 6.07 Å². The van der Waals surface area contributed by atoms with E-state index in [1.807, 2.05) is 77.9 Å². The number of aromatic nitrogens is 4. The number of hydrogen-bond donors (Lipinski definition) is 7. The minimum absolute atomic E-state index is 0. The molecule has 0 atom stereocenters. The Morgan fingerprint density at radius 3 is 1.41 bits per heavy atom. The van der Waals surface area contributed by atoms with Crippen LogP contribution in [0.2, 0.25) is 0 Å². The van der Waals surface area contributed by atoms with Gasteiger partial charge in [0.1, 0.15) is 0 Å². The van der Waals surface area contributed by atoms with Crippen LogP contribution >= 0.6 is 0 Å². The number of nitrogens with zero attached hydrogens (tertiary/aromatic N) is 3. The Morgan fingerprint density at radius 1 is 0.561 bits per heavy atom. The molecule has 7 N–H and O–H groups in total. The number of amides is 1. The summed E-state index contributed by atoms with van der Waals surface area (Å²) in [5, 5.41) is 41.0. The number of aromatic amines is 2. The second kappa shape index (κ2) is 23.3. The molecule has 0 fully saturated rings. The predicted octanol–water partition coefficient (Wildman–Crippen LogP) is 9.14. The Labute approximate surface area is 397 Å². The van der Waals surface area contributed by atoms with E-state index in [4.69, 9.17) is 9.97 Å². The van der Waals surface area contributed by atoms with Crippen LogP contribution in [0.3, 0.4) is 0 Å². The number of carbonyl (C=O) groups excluding carboxylic acids is 1. The van der Waals surface area contributed by atoms with Crippen molar-refractivity contribution in [3.05, 3.63) is 98.6 Å². The molecule has 66 heavy (non-hydrogen) atoms. The molecule has 0 aliphatic carbocycles. The van der Waals surface area contributed by atoms with E-state index >= 15 is 0 Å². The molecule has 15 nitrogen and oxygen atoms in total. The molecular weight excluding hydrogens is 894 g/mol. The van der Waals surface area contributed by atoms with Gasteiger partial charge in [0.05, 0.1) is 29.3 Å². The molecule has 0 saturated heterocycles. The van der Waals surface area contributed by atoms with Gasteiger partial charge in [0.2, 0.25) is 5.91 Å². The van der Waals surface area contributed by atoms with Crippen molar-refractivity contribution < 1.29 is 63.9 Å². The number of nitrogens with one attached hydrogen (secondary N) is 3. The molecule has 1 amide bonds. The zero-order valence-corrected chi connectivity index (χ0v) is 42.2. The number of anilines is 1. The zero-order chi connectivity index (χ0) is 47.7. The number of fused-ring (bicyclic) bond motifs is 8. The molecule has 0 saturated carbocycles. The topological polar surface area (TPSA) is 239 Å². The summed E-state index contributed by atoms with van der Waals surface area (Å²) in [6, 6.07) is 13.4. The molecule has 3 aromatic heterocycles. The van der Waals surface area contributed by atoms with Crippen molar-refractivity contribution in [3.63, 3.8) is 0 Å². The van der Waals surface area contributed by atoms with Gasteiger partial charge < -0.3 is 35.7 Å². The molecule has 2 aliphatic rings. The number of benzene rings is 1. The van der Waals surface area contributed by atoms with Gasteiger partial charge in [-0.3, -0.25) is 28.9 Å². The molecular formula is C50H60N6O9Zn+2. The third-order valence-electron chi connectivity index (χ3n) is 12.2. The normalized spacial score (nSPS) is 12.1. The molecule has 8 bridgehead atoms. The van der Waals surface area contributed by atoms with E-state index < -0.39 is 23.9 Å². The van der Waals surface area contributed by atoms with Gasteiger partial charge in [-0.05, 0) is 160 Å². The maximum atomic E-state index is 11.9. The van der Waals surface area contributed by atoms with Gasteiger partial charge in [-0.25, -0.2) is 9.97 Å². The van der Waals surface area contributed by atoms with E-state index in [-0.39, 0.29) is 76.8 Å². The predicted molar refractivity (Wildman–Crippen MR) is 253 cm³/mol. The van der Waals surface area contributed by atoms with Crippen molar-refractivity contribution in [1.29, 1.82) is 0 Å².